The maximum absolute atomic E-state index is 4.67. The number of hydrogen-bond donors (Lipinski definition) is 0. The van der Waals surface area contributed by atoms with Gasteiger partial charge in [0.25, 0.3) is 0 Å². The first kappa shape index (κ1) is 23.5. The molecule has 1 aliphatic rings. The van der Waals surface area contributed by atoms with Gasteiger partial charge in [0.2, 0.25) is 0 Å². The number of fused-ring (bicyclic) bond motifs is 4. The molecule has 6 aromatic rings. The molecule has 0 N–H and O–H groups in total. The molecule has 0 bridgehead atoms. The summed E-state index contributed by atoms with van der Waals surface area (Å²) >= 11 is 0. The Hall–Kier alpha value is -3.89. The molecular formula is C30H23N6Pt-3. The van der Waals surface area contributed by atoms with E-state index < -0.39 is 0 Å². The monoisotopic (exact) mass is 662 g/mol. The Morgan fingerprint density at radius 3 is 2.49 bits per heavy atom. The van der Waals surface area contributed by atoms with Crippen molar-refractivity contribution in [2.45, 2.75) is 13.8 Å². The van der Waals surface area contributed by atoms with Gasteiger partial charge in [-0.05, 0) is 56.2 Å². The van der Waals surface area contributed by atoms with Crippen molar-refractivity contribution in [3.8, 4) is 11.4 Å². The minimum absolute atomic E-state index is 0. The molecule has 0 saturated carbocycles. The second-order valence-electron chi connectivity index (χ2n) is 9.16. The van der Waals surface area contributed by atoms with Gasteiger partial charge in [-0.15, -0.1) is 41.4 Å². The summed E-state index contributed by atoms with van der Waals surface area (Å²) in [4.78, 5) is 8.81. The van der Waals surface area contributed by atoms with Gasteiger partial charge in [0, 0.05) is 44.2 Å². The first-order valence-electron chi connectivity index (χ1n) is 11.9. The molecule has 0 radical (unpaired) electrons. The summed E-state index contributed by atoms with van der Waals surface area (Å²) in [6.45, 7) is 6.13. The average molecular weight is 663 g/mol. The van der Waals surface area contributed by atoms with Crippen molar-refractivity contribution < 1.29 is 21.1 Å². The van der Waals surface area contributed by atoms with E-state index in [9.17, 15) is 0 Å². The Morgan fingerprint density at radius 2 is 1.65 bits per heavy atom. The van der Waals surface area contributed by atoms with Crippen LogP contribution in [0.4, 0.5) is 17.2 Å². The van der Waals surface area contributed by atoms with Gasteiger partial charge >= 0.3 is 0 Å². The van der Waals surface area contributed by atoms with E-state index in [1.54, 1.807) is 0 Å². The Bertz CT molecular complexity index is 1780. The van der Waals surface area contributed by atoms with Gasteiger partial charge in [-0.1, -0.05) is 29.4 Å². The minimum Gasteiger partial charge on any atom is -0.502 e. The van der Waals surface area contributed by atoms with Gasteiger partial charge in [0.1, 0.15) is 5.82 Å². The number of para-hydroxylation sites is 1. The maximum atomic E-state index is 4.67. The molecule has 0 atom stereocenters. The van der Waals surface area contributed by atoms with Gasteiger partial charge in [0.05, 0.1) is 5.69 Å². The van der Waals surface area contributed by atoms with Gasteiger partial charge in [-0.3, -0.25) is 4.68 Å². The molecule has 7 heteroatoms. The standard InChI is InChI=1S/C30H23N6.Pt/c1-20-16-21(2)36(32-20)24-9-6-8-23(17-24)35-27-11-5-4-10-25(27)26-14-13-22(18-29(26)35)34-19-33(3)28-12-7-15-31-30(28)34;/h4-16,19H,1-3H3;/q-3;. The quantitative estimate of drug-likeness (QED) is 0.209. The summed E-state index contributed by atoms with van der Waals surface area (Å²) in [5.74, 6) is 0.899. The zero-order valence-electron chi connectivity index (χ0n) is 20.6. The minimum atomic E-state index is 0. The molecule has 0 unspecified atom stereocenters. The molecule has 0 amide bonds. The number of aromatic nitrogens is 4. The number of rotatable bonds is 3. The van der Waals surface area contributed by atoms with Crippen molar-refractivity contribution in [2.24, 2.45) is 0 Å². The van der Waals surface area contributed by atoms with E-state index in [1.807, 2.05) is 37.0 Å². The fourth-order valence-electron chi connectivity index (χ4n) is 5.16. The van der Waals surface area contributed by atoms with E-state index in [4.69, 9.17) is 0 Å². The van der Waals surface area contributed by atoms with E-state index in [0.717, 1.165) is 56.4 Å². The predicted molar refractivity (Wildman–Crippen MR) is 144 cm³/mol. The van der Waals surface area contributed by atoms with Crippen LogP contribution >= 0.6 is 0 Å². The molecule has 3 aromatic carbocycles. The fraction of sp³-hybridized carbons (Fsp3) is 0.100. The topological polar surface area (TPSA) is 42.1 Å². The van der Waals surface area contributed by atoms with E-state index >= 15 is 0 Å². The third kappa shape index (κ3) is 3.67. The molecule has 0 spiro atoms. The van der Waals surface area contributed by atoms with Crippen molar-refractivity contribution in [3.63, 3.8) is 0 Å². The predicted octanol–water partition coefficient (Wildman–Crippen LogP) is 6.29. The number of anilines is 3. The molecule has 1 aliphatic heterocycles. The van der Waals surface area contributed by atoms with Crippen LogP contribution in [-0.4, -0.2) is 26.4 Å². The van der Waals surface area contributed by atoms with E-state index in [-0.39, 0.29) is 21.1 Å². The third-order valence-electron chi connectivity index (χ3n) is 6.73. The molecule has 6 nitrogen and oxygen atoms in total. The zero-order valence-corrected chi connectivity index (χ0v) is 22.9. The van der Waals surface area contributed by atoms with Crippen LogP contribution in [0.25, 0.3) is 33.2 Å². The van der Waals surface area contributed by atoms with E-state index in [0.29, 0.717) is 0 Å². The maximum Gasteiger partial charge on any atom is 0.124 e. The van der Waals surface area contributed by atoms with Crippen LogP contribution in [0.5, 0.6) is 0 Å². The molecule has 3 aromatic heterocycles. The van der Waals surface area contributed by atoms with Crippen molar-refractivity contribution in [2.75, 3.05) is 16.8 Å². The summed E-state index contributed by atoms with van der Waals surface area (Å²) in [6.07, 6.45) is 1.83. The van der Waals surface area contributed by atoms with E-state index in [1.165, 1.54) is 5.39 Å². The van der Waals surface area contributed by atoms with Crippen LogP contribution in [0.3, 0.4) is 0 Å². The normalized spacial score (nSPS) is 12.8. The van der Waals surface area contributed by atoms with Gasteiger partial charge in [0.15, 0.2) is 0 Å². The molecule has 0 aliphatic carbocycles. The van der Waals surface area contributed by atoms with Crippen LogP contribution < -0.4 is 9.80 Å². The first-order chi connectivity index (χ1) is 17.6. The van der Waals surface area contributed by atoms with Gasteiger partial charge < -0.3 is 14.4 Å². The molecule has 0 saturated heterocycles. The largest absolute Gasteiger partial charge is 0.502 e. The summed E-state index contributed by atoms with van der Waals surface area (Å²) in [7, 11) is 2.04. The summed E-state index contributed by atoms with van der Waals surface area (Å²) in [6, 6.07) is 32.4. The Balaban J connectivity index is 0.00000252. The molecule has 37 heavy (non-hydrogen) atoms. The summed E-state index contributed by atoms with van der Waals surface area (Å²) < 4.78 is 4.18. The number of benzene rings is 3. The van der Waals surface area contributed by atoms with Crippen molar-refractivity contribution in [3.05, 3.63) is 109 Å². The first-order valence-corrected chi connectivity index (χ1v) is 11.9. The van der Waals surface area contributed by atoms with Crippen molar-refractivity contribution >= 4 is 39.0 Å². The molecule has 0 fully saturated rings. The second-order valence-corrected chi connectivity index (χ2v) is 9.16. The molecule has 7 rings (SSSR count). The Morgan fingerprint density at radius 1 is 0.811 bits per heavy atom. The van der Waals surface area contributed by atoms with E-state index in [2.05, 4.69) is 111 Å². The van der Waals surface area contributed by atoms with Gasteiger partial charge in [-0.2, -0.15) is 23.9 Å². The number of nitrogens with zero attached hydrogens (tertiary/aromatic N) is 6. The number of hydrogen-bond acceptors (Lipinski definition) is 4. The van der Waals surface area contributed by atoms with Gasteiger partial charge in [-0.25, -0.2) is 4.98 Å². The van der Waals surface area contributed by atoms with Crippen molar-refractivity contribution in [1.82, 2.24) is 19.3 Å². The molecule has 4 heterocycles. The average Bonchev–Trinajstić information content (AvgIpc) is 3.54. The van der Waals surface area contributed by atoms with Crippen LogP contribution in [0.15, 0.2) is 79.0 Å². The van der Waals surface area contributed by atoms with Crippen LogP contribution in [-0.2, 0) is 21.1 Å². The Labute approximate surface area is 230 Å². The number of aryl methyl sites for hydroxylation is 2. The fourth-order valence-corrected chi connectivity index (χ4v) is 5.16. The van der Waals surface area contributed by atoms with Crippen LogP contribution in [0, 0.1) is 32.6 Å². The summed E-state index contributed by atoms with van der Waals surface area (Å²) in [5, 5.41) is 7.00. The SMILES string of the molecule is Cc1cc(C)n(-c2[c-]c(-n3c4[c-]c(N5[CH-]N(C)c6cccnc65)ccc4c4ccccc43)ccc2)n1.[Pt]. The number of pyridine rings is 1. The van der Waals surface area contributed by atoms with Crippen LogP contribution in [0.1, 0.15) is 11.4 Å². The van der Waals surface area contributed by atoms with Crippen LogP contribution in [0.2, 0.25) is 0 Å². The second kappa shape index (κ2) is 8.89. The summed E-state index contributed by atoms with van der Waals surface area (Å²) in [5.41, 5.74) is 8.04. The molecular weight excluding hydrogens is 639 g/mol. The van der Waals surface area contributed by atoms with Crippen molar-refractivity contribution in [1.29, 1.82) is 0 Å². The molecule has 186 valence electrons. The zero-order chi connectivity index (χ0) is 24.4. The Kier molecular flexibility index (Phi) is 5.65. The smallest absolute Gasteiger partial charge is 0.124 e. The third-order valence-corrected chi connectivity index (χ3v) is 6.73.